The highest BCUT2D eigenvalue weighted by atomic mass is 32.1. The standard InChI is InChI=1S/C11H6F2N2S/c12-7-1-2-8-10(9(7)13)15-11(14-8)6-3-4-16-5-6/h1-5H,(H,14,15). The van der Waals surface area contributed by atoms with E-state index in [1.165, 1.54) is 17.4 Å². The minimum atomic E-state index is -0.907. The Morgan fingerprint density at radius 3 is 2.81 bits per heavy atom. The summed E-state index contributed by atoms with van der Waals surface area (Å²) in [5.41, 5.74) is 1.42. The molecule has 1 aromatic carbocycles. The van der Waals surface area contributed by atoms with Gasteiger partial charge in [-0.05, 0) is 23.6 Å². The molecule has 3 rings (SSSR count). The summed E-state index contributed by atoms with van der Waals surface area (Å²) in [4.78, 5) is 7.01. The van der Waals surface area contributed by atoms with Crippen LogP contribution in [-0.4, -0.2) is 9.97 Å². The summed E-state index contributed by atoms with van der Waals surface area (Å²) in [6, 6.07) is 4.44. The minimum Gasteiger partial charge on any atom is -0.338 e. The van der Waals surface area contributed by atoms with E-state index in [2.05, 4.69) is 9.97 Å². The van der Waals surface area contributed by atoms with Crippen LogP contribution in [0, 0.1) is 11.6 Å². The maximum Gasteiger partial charge on any atom is 0.186 e. The summed E-state index contributed by atoms with van der Waals surface area (Å²) < 4.78 is 26.4. The summed E-state index contributed by atoms with van der Waals surface area (Å²) >= 11 is 1.52. The van der Waals surface area contributed by atoms with Crippen molar-refractivity contribution in [3.05, 3.63) is 40.6 Å². The first-order chi connectivity index (χ1) is 7.75. The molecule has 0 radical (unpaired) electrons. The molecule has 16 heavy (non-hydrogen) atoms. The van der Waals surface area contributed by atoms with Crippen molar-refractivity contribution in [3.8, 4) is 11.4 Å². The summed E-state index contributed by atoms with van der Waals surface area (Å²) in [6.07, 6.45) is 0. The number of fused-ring (bicyclic) bond motifs is 1. The zero-order valence-corrected chi connectivity index (χ0v) is 8.81. The largest absolute Gasteiger partial charge is 0.338 e. The first-order valence-electron chi connectivity index (χ1n) is 4.62. The molecule has 0 unspecified atom stereocenters. The minimum absolute atomic E-state index is 0.0428. The van der Waals surface area contributed by atoms with Crippen molar-refractivity contribution < 1.29 is 8.78 Å². The van der Waals surface area contributed by atoms with Gasteiger partial charge in [0, 0.05) is 10.9 Å². The number of hydrogen-bond donors (Lipinski definition) is 1. The SMILES string of the molecule is Fc1ccc2[nH]c(-c3ccsc3)nc2c1F. The molecule has 0 bridgehead atoms. The van der Waals surface area contributed by atoms with Gasteiger partial charge < -0.3 is 4.98 Å². The number of nitrogens with zero attached hydrogens (tertiary/aromatic N) is 1. The van der Waals surface area contributed by atoms with Crippen LogP contribution in [-0.2, 0) is 0 Å². The molecule has 0 spiro atoms. The van der Waals surface area contributed by atoms with Gasteiger partial charge in [-0.15, -0.1) is 0 Å². The summed E-state index contributed by atoms with van der Waals surface area (Å²) in [5.74, 6) is -1.23. The second kappa shape index (κ2) is 3.38. The number of benzene rings is 1. The van der Waals surface area contributed by atoms with Gasteiger partial charge in [0.1, 0.15) is 11.3 Å². The van der Waals surface area contributed by atoms with E-state index in [0.717, 1.165) is 11.6 Å². The maximum absolute atomic E-state index is 13.4. The number of halogens is 2. The van der Waals surface area contributed by atoms with E-state index in [0.29, 0.717) is 11.3 Å². The Labute approximate surface area is 93.6 Å². The van der Waals surface area contributed by atoms with E-state index in [1.54, 1.807) is 0 Å². The third kappa shape index (κ3) is 1.32. The number of aromatic amines is 1. The summed E-state index contributed by atoms with van der Waals surface area (Å²) in [6.45, 7) is 0. The number of imidazole rings is 1. The lowest BCUT2D eigenvalue weighted by molar-refractivity contribution is 0.515. The maximum atomic E-state index is 13.4. The van der Waals surface area contributed by atoms with E-state index < -0.39 is 11.6 Å². The number of rotatable bonds is 1. The number of hydrogen-bond acceptors (Lipinski definition) is 2. The van der Waals surface area contributed by atoms with Crippen molar-refractivity contribution in [2.75, 3.05) is 0 Å². The van der Waals surface area contributed by atoms with Crippen LogP contribution in [0.1, 0.15) is 0 Å². The normalized spacial score (nSPS) is 11.1. The van der Waals surface area contributed by atoms with Crippen molar-refractivity contribution in [2.24, 2.45) is 0 Å². The average molecular weight is 236 g/mol. The van der Waals surface area contributed by atoms with Gasteiger partial charge >= 0.3 is 0 Å². The third-order valence-corrected chi connectivity index (χ3v) is 3.02. The lowest BCUT2D eigenvalue weighted by Crippen LogP contribution is -1.84. The van der Waals surface area contributed by atoms with Crippen LogP contribution < -0.4 is 0 Å². The van der Waals surface area contributed by atoms with Crippen molar-refractivity contribution in [2.45, 2.75) is 0 Å². The molecule has 0 aliphatic heterocycles. The molecule has 1 N–H and O–H groups in total. The van der Waals surface area contributed by atoms with Crippen LogP contribution >= 0.6 is 11.3 Å². The molecule has 0 aliphatic rings. The van der Waals surface area contributed by atoms with Gasteiger partial charge in [-0.3, -0.25) is 0 Å². The van der Waals surface area contributed by atoms with Crippen molar-refractivity contribution in [1.82, 2.24) is 9.97 Å². The second-order valence-electron chi connectivity index (χ2n) is 3.35. The molecule has 0 aliphatic carbocycles. The van der Waals surface area contributed by atoms with Crippen LogP contribution in [0.15, 0.2) is 29.0 Å². The van der Waals surface area contributed by atoms with Gasteiger partial charge in [-0.1, -0.05) is 0 Å². The molecule has 80 valence electrons. The smallest absolute Gasteiger partial charge is 0.186 e. The Bertz CT molecular complexity index is 643. The predicted octanol–water partition coefficient (Wildman–Crippen LogP) is 3.57. The zero-order chi connectivity index (χ0) is 11.1. The number of nitrogens with one attached hydrogen (secondary N) is 1. The fourth-order valence-electron chi connectivity index (χ4n) is 1.55. The predicted molar refractivity (Wildman–Crippen MR) is 59.3 cm³/mol. The van der Waals surface area contributed by atoms with Gasteiger partial charge in [0.2, 0.25) is 0 Å². The van der Waals surface area contributed by atoms with Crippen LogP contribution in [0.3, 0.4) is 0 Å². The van der Waals surface area contributed by atoms with Gasteiger partial charge in [0.25, 0.3) is 0 Å². The molecule has 3 aromatic rings. The highest BCUT2D eigenvalue weighted by Crippen LogP contribution is 2.24. The van der Waals surface area contributed by atoms with Gasteiger partial charge in [-0.25, -0.2) is 13.8 Å². The molecule has 0 atom stereocenters. The second-order valence-corrected chi connectivity index (χ2v) is 4.14. The Morgan fingerprint density at radius 2 is 2.06 bits per heavy atom. The molecule has 2 nitrogen and oxygen atoms in total. The fraction of sp³-hybridized carbons (Fsp3) is 0. The Kier molecular flexibility index (Phi) is 2.00. The van der Waals surface area contributed by atoms with Crippen molar-refractivity contribution in [3.63, 3.8) is 0 Å². The van der Waals surface area contributed by atoms with Crippen molar-refractivity contribution >= 4 is 22.4 Å². The van der Waals surface area contributed by atoms with E-state index in [1.807, 2.05) is 16.8 Å². The molecule has 5 heteroatoms. The molecule has 0 saturated carbocycles. The molecular weight excluding hydrogens is 230 g/mol. The quantitative estimate of drug-likeness (QED) is 0.687. The zero-order valence-electron chi connectivity index (χ0n) is 8.00. The van der Waals surface area contributed by atoms with Gasteiger partial charge in [0.05, 0.1) is 5.52 Å². The van der Waals surface area contributed by atoms with E-state index in [4.69, 9.17) is 0 Å². The Hall–Kier alpha value is -1.75. The lowest BCUT2D eigenvalue weighted by Gasteiger charge is -1.91. The summed E-state index contributed by atoms with van der Waals surface area (Å²) in [7, 11) is 0. The molecule has 2 heterocycles. The van der Waals surface area contributed by atoms with Crippen molar-refractivity contribution in [1.29, 1.82) is 0 Å². The summed E-state index contributed by atoms with van der Waals surface area (Å²) in [5, 5.41) is 3.80. The first-order valence-corrected chi connectivity index (χ1v) is 5.56. The van der Waals surface area contributed by atoms with Gasteiger partial charge in [-0.2, -0.15) is 11.3 Å². The topological polar surface area (TPSA) is 28.7 Å². The monoisotopic (exact) mass is 236 g/mol. The van der Waals surface area contributed by atoms with E-state index in [-0.39, 0.29) is 5.52 Å². The highest BCUT2D eigenvalue weighted by molar-refractivity contribution is 7.08. The van der Waals surface area contributed by atoms with Crippen LogP contribution in [0.25, 0.3) is 22.4 Å². The Balaban J connectivity index is 2.28. The molecular formula is C11H6F2N2S. The van der Waals surface area contributed by atoms with Crippen LogP contribution in [0.2, 0.25) is 0 Å². The van der Waals surface area contributed by atoms with E-state index in [9.17, 15) is 8.78 Å². The van der Waals surface area contributed by atoms with E-state index >= 15 is 0 Å². The number of H-pyrrole nitrogens is 1. The average Bonchev–Trinajstić information content (AvgIpc) is 2.91. The molecule has 0 amide bonds. The number of aromatic nitrogens is 2. The molecule has 0 saturated heterocycles. The third-order valence-electron chi connectivity index (χ3n) is 2.34. The molecule has 2 aromatic heterocycles. The van der Waals surface area contributed by atoms with Gasteiger partial charge in [0.15, 0.2) is 11.6 Å². The first kappa shape index (κ1) is 9.47. The Morgan fingerprint density at radius 1 is 1.19 bits per heavy atom. The number of thiophene rings is 1. The van der Waals surface area contributed by atoms with Crippen LogP contribution in [0.4, 0.5) is 8.78 Å². The fourth-order valence-corrected chi connectivity index (χ4v) is 2.19. The lowest BCUT2D eigenvalue weighted by atomic mass is 10.3. The molecule has 0 fully saturated rings. The highest BCUT2D eigenvalue weighted by Gasteiger charge is 2.12. The van der Waals surface area contributed by atoms with Crippen LogP contribution in [0.5, 0.6) is 0 Å².